The Hall–Kier alpha value is -2.72. The fraction of sp³-hybridized carbons (Fsp3) is 0.412. The van der Waals surface area contributed by atoms with Crippen molar-refractivity contribution in [3.8, 4) is 11.5 Å². The van der Waals surface area contributed by atoms with Crippen molar-refractivity contribution >= 4 is 22.9 Å². The van der Waals surface area contributed by atoms with Crippen molar-refractivity contribution in [1.29, 1.82) is 0 Å². The summed E-state index contributed by atoms with van der Waals surface area (Å²) >= 11 is 1.43. The van der Waals surface area contributed by atoms with Gasteiger partial charge in [0.15, 0.2) is 11.5 Å². The molecular formula is C17H20N4O5S. The second-order valence-corrected chi connectivity index (χ2v) is 6.87. The minimum absolute atomic E-state index is 0.00745. The Balaban J connectivity index is 1.91. The first kappa shape index (κ1) is 19.1. The van der Waals surface area contributed by atoms with E-state index in [-0.39, 0.29) is 41.3 Å². The van der Waals surface area contributed by atoms with Crippen molar-refractivity contribution in [2.24, 2.45) is 0 Å². The Labute approximate surface area is 160 Å². The first-order valence-corrected chi connectivity index (χ1v) is 9.32. The zero-order valence-corrected chi connectivity index (χ0v) is 15.8. The van der Waals surface area contributed by atoms with Crippen LogP contribution in [0.5, 0.6) is 11.5 Å². The van der Waals surface area contributed by atoms with Crippen molar-refractivity contribution in [3.05, 3.63) is 44.4 Å². The van der Waals surface area contributed by atoms with E-state index in [1.165, 1.54) is 30.6 Å². The van der Waals surface area contributed by atoms with Crippen LogP contribution in [0, 0.1) is 10.1 Å². The van der Waals surface area contributed by atoms with Gasteiger partial charge in [-0.1, -0.05) is 0 Å². The van der Waals surface area contributed by atoms with Crippen LogP contribution in [-0.4, -0.2) is 53.5 Å². The number of nitro groups is 1. The van der Waals surface area contributed by atoms with E-state index in [0.717, 1.165) is 0 Å². The number of carbonyl (C=O) groups excluding carboxylic acids is 1. The maximum absolute atomic E-state index is 12.9. The van der Waals surface area contributed by atoms with Crippen molar-refractivity contribution < 1.29 is 19.2 Å². The minimum atomic E-state index is -0.575. The number of piperazine rings is 1. The van der Waals surface area contributed by atoms with Crippen LogP contribution in [0.25, 0.3) is 0 Å². The Bertz CT molecular complexity index is 827. The zero-order chi connectivity index (χ0) is 19.4. The summed E-state index contributed by atoms with van der Waals surface area (Å²) in [6.07, 6.45) is 0. The number of nitrogens with one attached hydrogen (secondary N) is 1. The van der Waals surface area contributed by atoms with Gasteiger partial charge >= 0.3 is 0 Å². The zero-order valence-electron chi connectivity index (χ0n) is 15.0. The molecule has 3 rings (SSSR count). The molecule has 1 aliphatic rings. The maximum Gasteiger partial charge on any atom is 0.286 e. The molecule has 0 radical (unpaired) electrons. The molecule has 1 amide bonds. The van der Waals surface area contributed by atoms with Crippen LogP contribution in [0.3, 0.4) is 0 Å². The van der Waals surface area contributed by atoms with Gasteiger partial charge < -0.3 is 19.7 Å². The van der Waals surface area contributed by atoms with E-state index < -0.39 is 4.92 Å². The Morgan fingerprint density at radius 2 is 2.30 bits per heavy atom. The second-order valence-electron chi connectivity index (χ2n) is 6.15. The van der Waals surface area contributed by atoms with Gasteiger partial charge in [-0.15, -0.1) is 11.3 Å². The average molecular weight is 392 g/mol. The topological polar surface area (TPSA) is 107 Å². The Kier molecular flexibility index (Phi) is 5.87. The number of hydrogen-bond donors (Lipinski definition) is 1. The molecule has 1 fully saturated rings. The summed E-state index contributed by atoms with van der Waals surface area (Å²) in [4.78, 5) is 29.6. The molecule has 0 aliphatic carbocycles. The summed E-state index contributed by atoms with van der Waals surface area (Å²) in [7, 11) is 1.43. The first-order valence-electron chi connectivity index (χ1n) is 8.38. The third-order valence-corrected chi connectivity index (χ3v) is 4.86. The largest absolute Gasteiger partial charge is 0.493 e. The number of rotatable bonds is 6. The SMILES string of the molecule is COc1cc(C(=O)N2CCNC(C)C2)c([N+](=O)[O-])cc1OCc1cscn1. The van der Waals surface area contributed by atoms with Gasteiger partial charge in [0.2, 0.25) is 0 Å². The Morgan fingerprint density at radius 3 is 2.93 bits per heavy atom. The number of amides is 1. The number of hydrogen-bond acceptors (Lipinski definition) is 8. The number of aromatic nitrogens is 1. The van der Waals surface area contributed by atoms with Crippen molar-refractivity contribution in [2.45, 2.75) is 19.6 Å². The summed E-state index contributed by atoms with van der Waals surface area (Å²) in [6.45, 7) is 3.74. The lowest BCUT2D eigenvalue weighted by atomic mass is 10.1. The predicted molar refractivity (Wildman–Crippen MR) is 99.5 cm³/mol. The standard InChI is InChI=1S/C17H20N4O5S/c1-11-7-20(4-3-18-11)17(22)13-5-15(25-2)16(6-14(13)21(23)24)26-8-12-9-27-10-19-12/h5-6,9-11,18H,3-4,7-8H2,1-2H3. The highest BCUT2D eigenvalue weighted by Gasteiger charge is 2.30. The van der Waals surface area contributed by atoms with Crippen molar-refractivity contribution in [2.75, 3.05) is 26.7 Å². The molecule has 0 bridgehead atoms. The van der Waals surface area contributed by atoms with Gasteiger partial charge in [-0.05, 0) is 6.92 Å². The number of carbonyl (C=O) groups is 1. The van der Waals surface area contributed by atoms with Gasteiger partial charge in [0, 0.05) is 37.1 Å². The molecule has 1 aromatic heterocycles. The lowest BCUT2D eigenvalue weighted by molar-refractivity contribution is -0.385. The number of methoxy groups -OCH3 is 1. The molecule has 10 heteroatoms. The van der Waals surface area contributed by atoms with Gasteiger partial charge in [0.25, 0.3) is 11.6 Å². The molecule has 1 aliphatic heterocycles. The molecular weight excluding hydrogens is 372 g/mol. The lowest BCUT2D eigenvalue weighted by Gasteiger charge is -2.31. The van der Waals surface area contributed by atoms with Crippen molar-refractivity contribution in [1.82, 2.24) is 15.2 Å². The summed E-state index contributed by atoms with van der Waals surface area (Å²) in [5, 5.41) is 16.6. The normalized spacial score (nSPS) is 16.8. The van der Waals surface area contributed by atoms with E-state index in [0.29, 0.717) is 25.3 Å². The van der Waals surface area contributed by atoms with Crippen LogP contribution in [0.2, 0.25) is 0 Å². The van der Waals surface area contributed by atoms with Crippen LogP contribution in [0.4, 0.5) is 5.69 Å². The highest BCUT2D eigenvalue weighted by atomic mass is 32.1. The fourth-order valence-corrected chi connectivity index (χ4v) is 3.43. The third kappa shape index (κ3) is 4.34. The summed E-state index contributed by atoms with van der Waals surface area (Å²) in [6, 6.07) is 2.75. The van der Waals surface area contributed by atoms with E-state index in [2.05, 4.69) is 10.3 Å². The van der Waals surface area contributed by atoms with Crippen LogP contribution in [0.1, 0.15) is 23.0 Å². The highest BCUT2D eigenvalue weighted by molar-refractivity contribution is 7.07. The molecule has 1 aromatic carbocycles. The van der Waals surface area contributed by atoms with Crippen LogP contribution >= 0.6 is 11.3 Å². The molecule has 27 heavy (non-hydrogen) atoms. The molecule has 2 heterocycles. The summed E-state index contributed by atoms with van der Waals surface area (Å²) in [5.74, 6) is 0.0733. The quantitative estimate of drug-likeness (QED) is 0.592. The van der Waals surface area contributed by atoms with E-state index >= 15 is 0 Å². The van der Waals surface area contributed by atoms with Gasteiger partial charge in [-0.25, -0.2) is 4.98 Å². The number of benzene rings is 1. The van der Waals surface area contributed by atoms with Crippen molar-refractivity contribution in [3.63, 3.8) is 0 Å². The minimum Gasteiger partial charge on any atom is -0.493 e. The monoisotopic (exact) mass is 392 g/mol. The maximum atomic E-state index is 12.9. The second kappa shape index (κ2) is 8.31. The predicted octanol–water partition coefficient (Wildman–Crippen LogP) is 2.07. The fourth-order valence-electron chi connectivity index (χ4n) is 2.89. The summed E-state index contributed by atoms with van der Waals surface area (Å²) in [5.41, 5.74) is 2.07. The smallest absolute Gasteiger partial charge is 0.286 e. The molecule has 9 nitrogen and oxygen atoms in total. The highest BCUT2D eigenvalue weighted by Crippen LogP contribution is 2.36. The molecule has 144 valence electrons. The summed E-state index contributed by atoms with van der Waals surface area (Å²) < 4.78 is 10.9. The van der Waals surface area contributed by atoms with Crippen LogP contribution in [-0.2, 0) is 6.61 Å². The van der Waals surface area contributed by atoms with E-state index in [1.807, 2.05) is 12.3 Å². The van der Waals surface area contributed by atoms with Gasteiger partial charge in [-0.2, -0.15) is 0 Å². The first-order chi connectivity index (χ1) is 13.0. The molecule has 0 spiro atoms. The van der Waals surface area contributed by atoms with E-state index in [4.69, 9.17) is 9.47 Å². The van der Waals surface area contributed by atoms with Crippen LogP contribution in [0.15, 0.2) is 23.0 Å². The number of thiazole rings is 1. The Morgan fingerprint density at radius 1 is 1.48 bits per heavy atom. The van der Waals surface area contributed by atoms with Gasteiger partial charge in [0.1, 0.15) is 12.2 Å². The molecule has 1 saturated heterocycles. The number of nitro benzene ring substituents is 1. The molecule has 2 aromatic rings. The molecule has 1 atom stereocenters. The third-order valence-electron chi connectivity index (χ3n) is 4.22. The average Bonchev–Trinajstić information content (AvgIpc) is 3.18. The lowest BCUT2D eigenvalue weighted by Crippen LogP contribution is -2.51. The van der Waals surface area contributed by atoms with E-state index in [9.17, 15) is 14.9 Å². The van der Waals surface area contributed by atoms with E-state index in [1.54, 1.807) is 10.4 Å². The number of nitrogens with zero attached hydrogens (tertiary/aromatic N) is 3. The van der Waals surface area contributed by atoms with Gasteiger partial charge in [0.05, 0.1) is 29.3 Å². The molecule has 0 saturated carbocycles. The molecule has 1 N–H and O–H groups in total. The van der Waals surface area contributed by atoms with Gasteiger partial charge in [-0.3, -0.25) is 14.9 Å². The molecule has 1 unspecified atom stereocenters. The van der Waals surface area contributed by atoms with Crippen LogP contribution < -0.4 is 14.8 Å². The number of ether oxygens (including phenoxy) is 2.